The highest BCUT2D eigenvalue weighted by molar-refractivity contribution is 6.30. The van der Waals surface area contributed by atoms with E-state index in [4.69, 9.17) is 11.6 Å². The van der Waals surface area contributed by atoms with Crippen LogP contribution in [0.25, 0.3) is 0 Å². The fraction of sp³-hybridized carbons (Fsp3) is 0.529. The lowest BCUT2D eigenvalue weighted by atomic mass is 10.2. The minimum absolute atomic E-state index is 0.108. The van der Waals surface area contributed by atoms with Gasteiger partial charge in [0.25, 0.3) is 0 Å². The van der Waals surface area contributed by atoms with Gasteiger partial charge in [0.05, 0.1) is 0 Å². The topological polar surface area (TPSA) is 64.7 Å². The van der Waals surface area contributed by atoms with E-state index in [0.717, 1.165) is 31.6 Å². The Bertz CT molecular complexity index is 612. The van der Waals surface area contributed by atoms with Crippen LogP contribution in [-0.2, 0) is 4.79 Å². The lowest BCUT2D eigenvalue weighted by molar-refractivity contribution is -0.122. The molecule has 0 bridgehead atoms. The number of amides is 3. The van der Waals surface area contributed by atoms with Crippen molar-refractivity contribution in [3.63, 3.8) is 0 Å². The van der Waals surface area contributed by atoms with E-state index in [-0.39, 0.29) is 11.9 Å². The number of hydrogen-bond acceptors (Lipinski definition) is 3. The molecule has 1 aromatic rings. The summed E-state index contributed by atoms with van der Waals surface area (Å²) in [6.07, 6.45) is 2.08. The van der Waals surface area contributed by atoms with Crippen molar-refractivity contribution in [2.75, 3.05) is 31.1 Å². The highest BCUT2D eigenvalue weighted by Crippen LogP contribution is 2.21. The summed E-state index contributed by atoms with van der Waals surface area (Å²) in [5, 5.41) is 6.40. The van der Waals surface area contributed by atoms with Gasteiger partial charge in [-0.2, -0.15) is 0 Å². The number of anilines is 1. The molecule has 0 spiro atoms. The highest BCUT2D eigenvalue weighted by Gasteiger charge is 2.28. The van der Waals surface area contributed by atoms with Gasteiger partial charge in [-0.1, -0.05) is 17.7 Å². The molecular weight excluding hydrogens is 328 g/mol. The predicted octanol–water partition coefficient (Wildman–Crippen LogP) is 1.84. The molecule has 2 aliphatic rings. The van der Waals surface area contributed by atoms with Crippen molar-refractivity contribution in [1.82, 2.24) is 15.5 Å². The van der Waals surface area contributed by atoms with E-state index in [1.807, 2.05) is 24.3 Å². The molecular formula is C17H23ClN4O2. The average Bonchev–Trinajstić information content (AvgIpc) is 3.39. The summed E-state index contributed by atoms with van der Waals surface area (Å²) in [7, 11) is 0. The van der Waals surface area contributed by atoms with Crippen LogP contribution in [0.2, 0.25) is 5.02 Å². The highest BCUT2D eigenvalue weighted by atomic mass is 35.5. The second-order valence-corrected chi connectivity index (χ2v) is 6.84. The normalized spacial score (nSPS) is 18.9. The van der Waals surface area contributed by atoms with Crippen LogP contribution in [0.4, 0.5) is 10.5 Å². The van der Waals surface area contributed by atoms with E-state index < -0.39 is 6.04 Å². The zero-order chi connectivity index (χ0) is 17.1. The third kappa shape index (κ3) is 4.32. The van der Waals surface area contributed by atoms with Gasteiger partial charge in [-0.3, -0.25) is 4.79 Å². The smallest absolute Gasteiger partial charge is 0.318 e. The Morgan fingerprint density at radius 3 is 2.54 bits per heavy atom. The Hall–Kier alpha value is -1.95. The molecule has 1 heterocycles. The van der Waals surface area contributed by atoms with Gasteiger partial charge in [0.2, 0.25) is 5.91 Å². The number of hydrogen-bond donors (Lipinski definition) is 2. The molecule has 2 N–H and O–H groups in total. The van der Waals surface area contributed by atoms with Gasteiger partial charge < -0.3 is 20.4 Å². The van der Waals surface area contributed by atoms with Crippen molar-refractivity contribution in [1.29, 1.82) is 0 Å². The van der Waals surface area contributed by atoms with Crippen LogP contribution in [0, 0.1) is 0 Å². The van der Waals surface area contributed by atoms with Gasteiger partial charge in [0.1, 0.15) is 6.04 Å². The Morgan fingerprint density at radius 2 is 1.92 bits per heavy atom. The van der Waals surface area contributed by atoms with Crippen molar-refractivity contribution in [2.45, 2.75) is 31.8 Å². The van der Waals surface area contributed by atoms with Gasteiger partial charge in [-0.15, -0.1) is 0 Å². The van der Waals surface area contributed by atoms with E-state index in [1.54, 1.807) is 11.8 Å². The minimum atomic E-state index is -0.510. The molecule has 1 aliphatic carbocycles. The molecule has 0 aromatic heterocycles. The summed E-state index contributed by atoms with van der Waals surface area (Å²) in [4.78, 5) is 28.2. The van der Waals surface area contributed by atoms with Gasteiger partial charge in [0, 0.05) is 42.9 Å². The minimum Gasteiger partial charge on any atom is -0.368 e. The summed E-state index contributed by atoms with van der Waals surface area (Å²) in [5.41, 5.74) is 1.07. The second-order valence-electron chi connectivity index (χ2n) is 6.41. The largest absolute Gasteiger partial charge is 0.368 e. The van der Waals surface area contributed by atoms with Crippen LogP contribution in [0.1, 0.15) is 19.8 Å². The maximum atomic E-state index is 12.3. The lowest BCUT2D eigenvalue weighted by Crippen LogP contribution is -2.55. The Labute approximate surface area is 147 Å². The van der Waals surface area contributed by atoms with Crippen molar-refractivity contribution >= 4 is 29.2 Å². The van der Waals surface area contributed by atoms with E-state index in [9.17, 15) is 9.59 Å². The van der Waals surface area contributed by atoms with Crippen molar-refractivity contribution < 1.29 is 9.59 Å². The molecule has 130 valence electrons. The number of piperazine rings is 1. The number of rotatable bonds is 4. The summed E-state index contributed by atoms with van der Waals surface area (Å²) in [5.74, 6) is -0.108. The average molecular weight is 351 g/mol. The molecule has 3 amide bonds. The molecule has 7 heteroatoms. The summed E-state index contributed by atoms with van der Waals surface area (Å²) in [6, 6.07) is 7.34. The standard InChI is InChI=1S/C17H23ClN4O2/c1-12(16(23)20-14-5-6-14)19-17(24)22-9-7-21(8-10-22)15-4-2-3-13(18)11-15/h2-4,11-12,14H,5-10H2,1H3,(H,19,24)(H,20,23). The Balaban J connectivity index is 1.47. The molecule has 1 saturated carbocycles. The zero-order valence-corrected chi connectivity index (χ0v) is 14.6. The van der Waals surface area contributed by atoms with E-state index >= 15 is 0 Å². The fourth-order valence-corrected chi connectivity index (χ4v) is 2.92. The number of halogens is 1. The molecule has 6 nitrogen and oxygen atoms in total. The SMILES string of the molecule is CC(NC(=O)N1CCN(c2cccc(Cl)c2)CC1)C(=O)NC1CC1. The zero-order valence-electron chi connectivity index (χ0n) is 13.8. The van der Waals surface area contributed by atoms with Crippen molar-refractivity contribution in [3.8, 4) is 0 Å². The van der Waals surface area contributed by atoms with Crippen molar-refractivity contribution in [2.24, 2.45) is 0 Å². The van der Waals surface area contributed by atoms with E-state index in [2.05, 4.69) is 15.5 Å². The summed E-state index contributed by atoms with van der Waals surface area (Å²) in [6.45, 7) is 4.45. The molecule has 1 atom stereocenters. The Kier molecular flexibility index (Phi) is 5.14. The monoisotopic (exact) mass is 350 g/mol. The van der Waals surface area contributed by atoms with Gasteiger partial charge in [-0.05, 0) is 38.0 Å². The van der Waals surface area contributed by atoms with Gasteiger partial charge in [0.15, 0.2) is 0 Å². The van der Waals surface area contributed by atoms with Crippen LogP contribution in [-0.4, -0.2) is 55.1 Å². The van der Waals surface area contributed by atoms with E-state index in [1.165, 1.54) is 0 Å². The molecule has 0 radical (unpaired) electrons. The van der Waals surface area contributed by atoms with Crippen LogP contribution in [0.5, 0.6) is 0 Å². The van der Waals surface area contributed by atoms with Crippen LogP contribution < -0.4 is 15.5 Å². The number of benzene rings is 1. The molecule has 1 saturated heterocycles. The number of carbonyl (C=O) groups excluding carboxylic acids is 2. The first-order chi connectivity index (χ1) is 11.5. The molecule has 1 aliphatic heterocycles. The van der Waals surface area contributed by atoms with Crippen molar-refractivity contribution in [3.05, 3.63) is 29.3 Å². The van der Waals surface area contributed by atoms with Crippen LogP contribution in [0.15, 0.2) is 24.3 Å². The molecule has 1 unspecified atom stereocenters. The number of nitrogens with one attached hydrogen (secondary N) is 2. The molecule has 3 rings (SSSR count). The maximum absolute atomic E-state index is 12.3. The van der Waals surface area contributed by atoms with Crippen LogP contribution in [0.3, 0.4) is 0 Å². The first-order valence-electron chi connectivity index (χ1n) is 8.39. The summed E-state index contributed by atoms with van der Waals surface area (Å²) < 4.78 is 0. The lowest BCUT2D eigenvalue weighted by Gasteiger charge is -2.36. The fourth-order valence-electron chi connectivity index (χ4n) is 2.74. The van der Waals surface area contributed by atoms with Gasteiger partial charge >= 0.3 is 6.03 Å². The predicted molar refractivity (Wildman–Crippen MR) is 94.4 cm³/mol. The van der Waals surface area contributed by atoms with E-state index in [0.29, 0.717) is 24.2 Å². The maximum Gasteiger partial charge on any atom is 0.318 e. The Morgan fingerprint density at radius 1 is 1.21 bits per heavy atom. The van der Waals surface area contributed by atoms with Crippen LogP contribution >= 0.6 is 11.6 Å². The third-order valence-electron chi connectivity index (χ3n) is 4.40. The number of carbonyl (C=O) groups is 2. The first-order valence-corrected chi connectivity index (χ1v) is 8.77. The molecule has 2 fully saturated rings. The molecule has 24 heavy (non-hydrogen) atoms. The van der Waals surface area contributed by atoms with Gasteiger partial charge in [-0.25, -0.2) is 4.79 Å². The quantitative estimate of drug-likeness (QED) is 0.870. The second kappa shape index (κ2) is 7.30. The summed E-state index contributed by atoms with van der Waals surface area (Å²) >= 11 is 6.03. The number of nitrogens with zero attached hydrogens (tertiary/aromatic N) is 2. The first kappa shape index (κ1) is 16.9. The third-order valence-corrected chi connectivity index (χ3v) is 4.63. The molecule has 1 aromatic carbocycles. The number of urea groups is 1.